The second kappa shape index (κ2) is 7.94. The first-order chi connectivity index (χ1) is 14.3. The molecule has 5 heterocycles. The van der Waals surface area contributed by atoms with Crippen LogP contribution in [0, 0.1) is 5.92 Å². The molecular weight excluding hydrogens is 390 g/mol. The van der Waals surface area contributed by atoms with Gasteiger partial charge in [-0.1, -0.05) is 0 Å². The van der Waals surface area contributed by atoms with Crippen molar-refractivity contribution in [3.63, 3.8) is 0 Å². The molecule has 0 radical (unpaired) electrons. The molecule has 0 N–H and O–H groups in total. The van der Waals surface area contributed by atoms with Crippen molar-refractivity contribution in [1.29, 1.82) is 0 Å². The number of pyridine rings is 1. The Morgan fingerprint density at radius 2 is 1.83 bits per heavy atom. The maximum Gasteiger partial charge on any atom is 0.245 e. The van der Waals surface area contributed by atoms with Crippen LogP contribution < -0.4 is 9.80 Å². The minimum absolute atomic E-state index is 0.0920. The molecule has 29 heavy (non-hydrogen) atoms. The van der Waals surface area contributed by atoms with Crippen LogP contribution >= 0.6 is 11.8 Å². The third-order valence-electron chi connectivity index (χ3n) is 5.43. The molecule has 2 fully saturated rings. The fourth-order valence-corrected chi connectivity index (χ4v) is 4.85. The van der Waals surface area contributed by atoms with E-state index in [4.69, 9.17) is 14.6 Å². The zero-order valence-corrected chi connectivity index (χ0v) is 16.7. The van der Waals surface area contributed by atoms with E-state index in [0.29, 0.717) is 23.4 Å². The largest absolute Gasteiger partial charge is 0.353 e. The van der Waals surface area contributed by atoms with E-state index in [1.807, 2.05) is 17.8 Å². The van der Waals surface area contributed by atoms with Crippen molar-refractivity contribution in [2.75, 3.05) is 47.5 Å². The molecule has 10 heteroatoms. The number of carbonyl (C=O) groups is 1. The van der Waals surface area contributed by atoms with E-state index < -0.39 is 0 Å². The zero-order valence-electron chi connectivity index (χ0n) is 15.9. The van der Waals surface area contributed by atoms with Crippen molar-refractivity contribution in [3.05, 3.63) is 30.1 Å². The molecule has 9 nitrogen and oxygen atoms in total. The number of hydrogen-bond acceptors (Lipinski definition) is 10. The van der Waals surface area contributed by atoms with Gasteiger partial charge < -0.3 is 9.80 Å². The van der Waals surface area contributed by atoms with Gasteiger partial charge in [-0.2, -0.15) is 11.8 Å². The quantitative estimate of drug-likeness (QED) is 0.593. The predicted octanol–water partition coefficient (Wildman–Crippen LogP) is 2.06. The van der Waals surface area contributed by atoms with Gasteiger partial charge in [0.15, 0.2) is 17.4 Å². The highest BCUT2D eigenvalue weighted by Gasteiger charge is 2.31. The number of Topliss-reactive ketones (excluding diaryl/α,β-unsaturated/α-hetero) is 1. The van der Waals surface area contributed by atoms with Crippen LogP contribution in [0.25, 0.3) is 11.3 Å². The lowest BCUT2D eigenvalue weighted by Gasteiger charge is -2.36. The SMILES string of the molecule is O=C(c1cccnc1)C1CCCN(c2nc3nonc3nc2N2CCSCC2)C1. The van der Waals surface area contributed by atoms with Gasteiger partial charge in [0.2, 0.25) is 11.3 Å². The third-order valence-corrected chi connectivity index (χ3v) is 6.37. The monoisotopic (exact) mass is 411 g/mol. The summed E-state index contributed by atoms with van der Waals surface area (Å²) in [5, 5.41) is 7.75. The Morgan fingerprint density at radius 3 is 2.55 bits per heavy atom. The number of aromatic nitrogens is 5. The maximum atomic E-state index is 13.0. The van der Waals surface area contributed by atoms with Gasteiger partial charge in [-0.25, -0.2) is 14.6 Å². The normalized spacial score (nSPS) is 20.2. The first-order valence-corrected chi connectivity index (χ1v) is 11.0. The average molecular weight is 411 g/mol. The number of carbonyl (C=O) groups excluding carboxylic acids is 1. The molecule has 0 saturated carbocycles. The molecule has 0 spiro atoms. The van der Waals surface area contributed by atoms with Crippen LogP contribution in [-0.2, 0) is 0 Å². The summed E-state index contributed by atoms with van der Waals surface area (Å²) in [7, 11) is 0. The summed E-state index contributed by atoms with van der Waals surface area (Å²) in [6, 6.07) is 3.63. The Kier molecular flexibility index (Phi) is 5.01. The van der Waals surface area contributed by atoms with E-state index in [1.165, 1.54) is 0 Å². The molecule has 0 amide bonds. The van der Waals surface area contributed by atoms with E-state index in [0.717, 1.165) is 55.6 Å². The van der Waals surface area contributed by atoms with Crippen LogP contribution in [0.4, 0.5) is 11.6 Å². The van der Waals surface area contributed by atoms with Crippen molar-refractivity contribution >= 4 is 40.5 Å². The molecule has 3 aromatic rings. The number of hydrogen-bond donors (Lipinski definition) is 0. The van der Waals surface area contributed by atoms with E-state index >= 15 is 0 Å². The molecule has 5 rings (SSSR count). The van der Waals surface area contributed by atoms with Gasteiger partial charge in [-0.05, 0) is 35.3 Å². The van der Waals surface area contributed by atoms with E-state index in [-0.39, 0.29) is 11.7 Å². The summed E-state index contributed by atoms with van der Waals surface area (Å²) in [6.45, 7) is 3.26. The first-order valence-electron chi connectivity index (χ1n) is 9.82. The van der Waals surface area contributed by atoms with Crippen molar-refractivity contribution < 1.29 is 9.42 Å². The Balaban J connectivity index is 1.46. The van der Waals surface area contributed by atoms with Crippen LogP contribution in [0.2, 0.25) is 0 Å². The molecule has 0 aliphatic carbocycles. The molecule has 3 aromatic heterocycles. The summed E-state index contributed by atoms with van der Waals surface area (Å²) >= 11 is 1.94. The number of piperidine rings is 1. The molecule has 1 unspecified atom stereocenters. The lowest BCUT2D eigenvalue weighted by atomic mass is 9.90. The topological polar surface area (TPSA) is 101 Å². The highest BCUT2D eigenvalue weighted by molar-refractivity contribution is 7.99. The third kappa shape index (κ3) is 3.64. The summed E-state index contributed by atoms with van der Waals surface area (Å²) in [6.07, 6.45) is 5.11. The van der Waals surface area contributed by atoms with Gasteiger partial charge in [0.25, 0.3) is 0 Å². The molecular formula is C19H21N7O2S. The Hall–Kier alpha value is -2.75. The second-order valence-electron chi connectivity index (χ2n) is 7.27. The highest BCUT2D eigenvalue weighted by atomic mass is 32.2. The van der Waals surface area contributed by atoms with Crippen LogP contribution in [0.3, 0.4) is 0 Å². The number of fused-ring (bicyclic) bond motifs is 1. The number of nitrogens with zero attached hydrogens (tertiary/aromatic N) is 7. The predicted molar refractivity (Wildman–Crippen MR) is 110 cm³/mol. The maximum absolute atomic E-state index is 13.0. The molecule has 2 saturated heterocycles. The smallest absolute Gasteiger partial charge is 0.245 e. The zero-order chi connectivity index (χ0) is 19.6. The first kappa shape index (κ1) is 18.3. The molecule has 2 aliphatic heterocycles. The minimum atomic E-state index is -0.0920. The fraction of sp³-hybridized carbons (Fsp3) is 0.474. The second-order valence-corrected chi connectivity index (χ2v) is 8.50. The molecule has 1 atom stereocenters. The Labute approximate surface area is 171 Å². The lowest BCUT2D eigenvalue weighted by Crippen LogP contribution is -2.41. The summed E-state index contributed by atoms with van der Waals surface area (Å²) < 4.78 is 4.84. The molecule has 150 valence electrons. The van der Waals surface area contributed by atoms with Crippen molar-refractivity contribution in [2.24, 2.45) is 5.92 Å². The Morgan fingerprint density at radius 1 is 1.07 bits per heavy atom. The fourth-order valence-electron chi connectivity index (χ4n) is 3.95. The van der Waals surface area contributed by atoms with Gasteiger partial charge >= 0.3 is 0 Å². The van der Waals surface area contributed by atoms with Gasteiger partial charge in [0.1, 0.15) is 0 Å². The lowest BCUT2D eigenvalue weighted by molar-refractivity contribution is 0.0906. The molecule has 0 aromatic carbocycles. The highest BCUT2D eigenvalue weighted by Crippen LogP contribution is 2.32. The van der Waals surface area contributed by atoms with E-state index in [1.54, 1.807) is 18.5 Å². The summed E-state index contributed by atoms with van der Waals surface area (Å²) in [4.78, 5) is 30.9. The standard InChI is InChI=1S/C19H21N7O2S/c27-15(13-3-1-5-20-11-13)14-4-2-6-26(12-14)19-18(25-7-9-29-10-8-25)21-16-17(22-19)24-28-23-16/h1,3,5,11,14H,2,4,6-10,12H2. The summed E-state index contributed by atoms with van der Waals surface area (Å²) in [5.74, 6) is 3.73. The van der Waals surface area contributed by atoms with E-state index in [9.17, 15) is 4.79 Å². The summed E-state index contributed by atoms with van der Waals surface area (Å²) in [5.41, 5.74) is 1.48. The van der Waals surface area contributed by atoms with Crippen LogP contribution in [0.5, 0.6) is 0 Å². The van der Waals surface area contributed by atoms with Crippen molar-refractivity contribution in [2.45, 2.75) is 12.8 Å². The van der Waals surface area contributed by atoms with Gasteiger partial charge in [-0.3, -0.25) is 9.78 Å². The number of rotatable bonds is 4. The van der Waals surface area contributed by atoms with Gasteiger partial charge in [0, 0.05) is 61.6 Å². The van der Waals surface area contributed by atoms with Gasteiger partial charge in [0.05, 0.1) is 0 Å². The Bertz CT molecular complexity index is 1010. The number of thioether (sulfide) groups is 1. The van der Waals surface area contributed by atoms with Gasteiger partial charge in [-0.15, -0.1) is 0 Å². The van der Waals surface area contributed by atoms with Crippen molar-refractivity contribution in [1.82, 2.24) is 25.3 Å². The number of anilines is 2. The van der Waals surface area contributed by atoms with Crippen molar-refractivity contribution in [3.8, 4) is 0 Å². The minimum Gasteiger partial charge on any atom is -0.353 e. The van der Waals surface area contributed by atoms with Crippen LogP contribution in [-0.4, -0.2) is 68.7 Å². The molecule has 0 bridgehead atoms. The van der Waals surface area contributed by atoms with E-state index in [2.05, 4.69) is 25.1 Å². The average Bonchev–Trinajstić information content (AvgIpc) is 3.27. The van der Waals surface area contributed by atoms with Crippen LogP contribution in [0.15, 0.2) is 29.2 Å². The molecule has 2 aliphatic rings. The number of ketones is 1. The van der Waals surface area contributed by atoms with Crippen LogP contribution in [0.1, 0.15) is 23.2 Å².